The molecule has 3 heterocycles. The summed E-state index contributed by atoms with van der Waals surface area (Å²) in [4.78, 5) is 46.8. The standard InChI is InChI=1S/C30H37FN4O6S/c1-18-25(42-17-33-18)21-4-2-19(3-5-21)15-32-26(37)23-14-22(36)16-35(23)27(38)24(34-28(39)29(31)10-11-29)20-6-8-30(9-7-20)40-12-13-41-30/h2-5,17,20,22-24,36H,6-16H2,1H3,(H,32,37)(H,34,39)/t22-,23+,24?/m1/s1. The summed E-state index contributed by atoms with van der Waals surface area (Å²) in [5.74, 6) is -2.57. The second-order valence-corrected chi connectivity index (χ2v) is 12.8. The van der Waals surface area contributed by atoms with Crippen LogP contribution < -0.4 is 10.6 Å². The van der Waals surface area contributed by atoms with Crippen LogP contribution in [0.2, 0.25) is 0 Å². The molecule has 1 spiro atoms. The molecule has 0 radical (unpaired) electrons. The largest absolute Gasteiger partial charge is 0.391 e. The number of nitrogens with zero attached hydrogens (tertiary/aromatic N) is 2. The molecule has 2 aliphatic heterocycles. The highest BCUT2D eigenvalue weighted by atomic mass is 32.1. The molecule has 226 valence electrons. The van der Waals surface area contributed by atoms with Gasteiger partial charge in [0, 0.05) is 32.4 Å². The van der Waals surface area contributed by atoms with E-state index in [-0.39, 0.29) is 44.2 Å². The minimum absolute atomic E-state index is 0.0319. The highest BCUT2D eigenvalue weighted by Gasteiger charge is 2.53. The third-order valence-corrected chi connectivity index (χ3v) is 10.00. The van der Waals surface area contributed by atoms with Gasteiger partial charge in [0.05, 0.1) is 35.4 Å². The number of aryl methyl sites for hydroxylation is 1. The average molecular weight is 601 g/mol. The van der Waals surface area contributed by atoms with Gasteiger partial charge in [-0.25, -0.2) is 9.37 Å². The van der Waals surface area contributed by atoms with Crippen LogP contribution in [0.5, 0.6) is 0 Å². The number of rotatable bonds is 8. The molecule has 10 nitrogen and oxygen atoms in total. The van der Waals surface area contributed by atoms with Crippen molar-refractivity contribution in [1.29, 1.82) is 0 Å². The summed E-state index contributed by atoms with van der Waals surface area (Å²) >= 11 is 1.57. The molecule has 0 bridgehead atoms. The molecular weight excluding hydrogens is 563 g/mol. The number of alkyl halides is 1. The summed E-state index contributed by atoms with van der Waals surface area (Å²) in [5, 5.41) is 16.1. The maximum atomic E-state index is 14.7. The van der Waals surface area contributed by atoms with E-state index in [1.807, 2.05) is 36.7 Å². The Balaban J connectivity index is 1.13. The first-order valence-electron chi connectivity index (χ1n) is 14.7. The molecule has 3 N–H and O–H groups in total. The van der Waals surface area contributed by atoms with Crippen LogP contribution in [0, 0.1) is 12.8 Å². The molecule has 1 aromatic heterocycles. The Morgan fingerprint density at radius 1 is 1.14 bits per heavy atom. The predicted molar refractivity (Wildman–Crippen MR) is 152 cm³/mol. The number of hydrogen-bond acceptors (Lipinski definition) is 8. The van der Waals surface area contributed by atoms with Crippen molar-refractivity contribution >= 4 is 29.1 Å². The molecule has 1 unspecified atom stereocenters. The third kappa shape index (κ3) is 5.95. The van der Waals surface area contributed by atoms with Crippen LogP contribution in [0.25, 0.3) is 10.4 Å². The number of halogens is 1. The lowest BCUT2D eigenvalue weighted by Gasteiger charge is -2.39. The molecule has 2 aliphatic carbocycles. The number of carbonyl (C=O) groups is 3. The first-order chi connectivity index (χ1) is 20.2. The van der Waals surface area contributed by atoms with E-state index in [2.05, 4.69) is 15.6 Å². The van der Waals surface area contributed by atoms with E-state index in [0.29, 0.717) is 38.9 Å². The predicted octanol–water partition coefficient (Wildman–Crippen LogP) is 2.62. The van der Waals surface area contributed by atoms with Gasteiger partial charge in [-0.05, 0) is 49.7 Å². The van der Waals surface area contributed by atoms with Gasteiger partial charge in [0.25, 0.3) is 5.91 Å². The van der Waals surface area contributed by atoms with Crippen LogP contribution in [-0.4, -0.2) is 82.1 Å². The zero-order chi connectivity index (χ0) is 29.5. The molecular formula is C30H37FN4O6S. The number of amides is 3. The van der Waals surface area contributed by atoms with E-state index in [4.69, 9.17) is 9.47 Å². The van der Waals surface area contributed by atoms with Crippen molar-refractivity contribution in [3.63, 3.8) is 0 Å². The lowest BCUT2D eigenvalue weighted by molar-refractivity contribution is -0.185. The maximum absolute atomic E-state index is 14.7. The summed E-state index contributed by atoms with van der Waals surface area (Å²) in [5.41, 5.74) is 2.77. The van der Waals surface area contributed by atoms with Crippen LogP contribution in [0.4, 0.5) is 4.39 Å². The highest BCUT2D eigenvalue weighted by molar-refractivity contribution is 7.13. The first kappa shape index (κ1) is 29.2. The molecule has 4 fully saturated rings. The monoisotopic (exact) mass is 600 g/mol. The van der Waals surface area contributed by atoms with Gasteiger partial charge in [-0.15, -0.1) is 11.3 Å². The fraction of sp³-hybridized carbons (Fsp3) is 0.600. The SMILES string of the molecule is Cc1ncsc1-c1ccc(CNC(=O)[C@@H]2C[C@@H](O)CN2C(=O)C(NC(=O)C2(F)CC2)C2CCC3(CC2)OCCO3)cc1. The molecule has 6 rings (SSSR count). The zero-order valence-corrected chi connectivity index (χ0v) is 24.5. The number of thiazole rings is 1. The number of aliphatic hydroxyl groups excluding tert-OH is 1. The number of likely N-dealkylation sites (tertiary alicyclic amines) is 1. The van der Waals surface area contributed by atoms with Crippen LogP contribution in [0.1, 0.15) is 56.2 Å². The van der Waals surface area contributed by atoms with E-state index in [1.54, 1.807) is 11.3 Å². The third-order valence-electron chi connectivity index (χ3n) is 9.02. The van der Waals surface area contributed by atoms with Crippen molar-refractivity contribution in [3.8, 4) is 10.4 Å². The van der Waals surface area contributed by atoms with E-state index < -0.39 is 41.5 Å². The molecule has 2 aromatic rings. The van der Waals surface area contributed by atoms with Crippen molar-refractivity contribution in [2.75, 3.05) is 19.8 Å². The Kier molecular flexibility index (Phi) is 8.07. The van der Waals surface area contributed by atoms with Crippen molar-refractivity contribution in [2.24, 2.45) is 5.92 Å². The molecule has 2 saturated carbocycles. The number of β-amino-alcohol motifs (C(OH)–C–C–N with tert-alkyl or cyclic N) is 1. The lowest BCUT2D eigenvalue weighted by atomic mass is 9.80. The summed E-state index contributed by atoms with van der Waals surface area (Å²) in [6.07, 6.45) is 1.68. The normalized spacial score (nSPS) is 25.4. The number of aliphatic hydroxyl groups is 1. The van der Waals surface area contributed by atoms with Crippen molar-refractivity contribution in [1.82, 2.24) is 20.5 Å². The van der Waals surface area contributed by atoms with E-state index >= 15 is 0 Å². The summed E-state index contributed by atoms with van der Waals surface area (Å²) in [6, 6.07) is 5.93. The van der Waals surface area contributed by atoms with Gasteiger partial charge in [-0.3, -0.25) is 14.4 Å². The average Bonchev–Trinajstić information content (AvgIpc) is 3.30. The number of ether oxygens (including phenoxy) is 2. The summed E-state index contributed by atoms with van der Waals surface area (Å²) in [6.45, 7) is 3.23. The van der Waals surface area contributed by atoms with E-state index in [1.165, 1.54) is 4.90 Å². The quantitative estimate of drug-likeness (QED) is 0.425. The molecule has 4 aliphatic rings. The van der Waals surface area contributed by atoms with Crippen LogP contribution in [-0.2, 0) is 30.4 Å². The van der Waals surface area contributed by atoms with Gasteiger partial charge in [-0.2, -0.15) is 0 Å². The Labute approximate surface area is 248 Å². The smallest absolute Gasteiger partial charge is 0.258 e. The fourth-order valence-corrected chi connectivity index (χ4v) is 7.14. The Hall–Kier alpha value is -2.93. The zero-order valence-electron chi connectivity index (χ0n) is 23.6. The number of carbonyl (C=O) groups excluding carboxylic acids is 3. The Bertz CT molecular complexity index is 1320. The summed E-state index contributed by atoms with van der Waals surface area (Å²) in [7, 11) is 0. The van der Waals surface area contributed by atoms with Crippen molar-refractivity contribution in [2.45, 2.75) is 88.1 Å². The highest BCUT2D eigenvalue weighted by Crippen LogP contribution is 2.42. The summed E-state index contributed by atoms with van der Waals surface area (Å²) < 4.78 is 26.3. The van der Waals surface area contributed by atoms with Gasteiger partial charge in [0.1, 0.15) is 12.1 Å². The topological polar surface area (TPSA) is 130 Å². The number of hydrogen-bond donors (Lipinski definition) is 3. The van der Waals surface area contributed by atoms with Gasteiger partial charge >= 0.3 is 0 Å². The first-order valence-corrected chi connectivity index (χ1v) is 15.6. The number of benzene rings is 1. The second kappa shape index (κ2) is 11.6. The van der Waals surface area contributed by atoms with Crippen molar-refractivity contribution < 1.29 is 33.4 Å². The fourth-order valence-electron chi connectivity index (χ4n) is 6.33. The number of nitrogens with one attached hydrogen (secondary N) is 2. The molecule has 3 atom stereocenters. The van der Waals surface area contributed by atoms with Crippen LogP contribution >= 0.6 is 11.3 Å². The molecule has 1 aromatic carbocycles. The maximum Gasteiger partial charge on any atom is 0.258 e. The van der Waals surface area contributed by atoms with Gasteiger partial charge in [-0.1, -0.05) is 24.3 Å². The lowest BCUT2D eigenvalue weighted by Crippen LogP contribution is -2.58. The van der Waals surface area contributed by atoms with Crippen LogP contribution in [0.15, 0.2) is 29.8 Å². The van der Waals surface area contributed by atoms with Gasteiger partial charge in [0.15, 0.2) is 11.5 Å². The minimum atomic E-state index is -1.94. The molecule has 42 heavy (non-hydrogen) atoms. The van der Waals surface area contributed by atoms with E-state index in [9.17, 15) is 23.9 Å². The van der Waals surface area contributed by atoms with Gasteiger partial charge < -0.3 is 30.1 Å². The van der Waals surface area contributed by atoms with Gasteiger partial charge in [0.2, 0.25) is 11.8 Å². The Morgan fingerprint density at radius 2 is 1.83 bits per heavy atom. The molecule has 12 heteroatoms. The second-order valence-electron chi connectivity index (χ2n) is 11.9. The Morgan fingerprint density at radius 3 is 2.45 bits per heavy atom. The molecule has 2 saturated heterocycles. The number of aromatic nitrogens is 1. The van der Waals surface area contributed by atoms with Crippen LogP contribution in [0.3, 0.4) is 0 Å². The van der Waals surface area contributed by atoms with Crippen molar-refractivity contribution in [3.05, 3.63) is 41.0 Å². The molecule has 3 amide bonds. The minimum Gasteiger partial charge on any atom is -0.391 e. The van der Waals surface area contributed by atoms with E-state index in [0.717, 1.165) is 21.7 Å².